The highest BCUT2D eigenvalue weighted by molar-refractivity contribution is 5.84. The topological polar surface area (TPSA) is 71.6 Å². The summed E-state index contributed by atoms with van der Waals surface area (Å²) in [5.41, 5.74) is 4.30. The molecule has 0 saturated heterocycles. The summed E-state index contributed by atoms with van der Waals surface area (Å²) >= 11 is 0. The van der Waals surface area contributed by atoms with Gasteiger partial charge < -0.3 is 19.6 Å². The van der Waals surface area contributed by atoms with Crippen molar-refractivity contribution in [1.82, 2.24) is 4.98 Å². The summed E-state index contributed by atoms with van der Waals surface area (Å²) in [6.07, 6.45) is 7.26. The number of hydrogen-bond acceptors (Lipinski definition) is 3. The highest BCUT2D eigenvalue weighted by Crippen LogP contribution is 2.36. The largest absolute Gasteiger partial charge is 0.482 e. The highest BCUT2D eigenvalue weighted by Gasteiger charge is 2.19. The van der Waals surface area contributed by atoms with Crippen LogP contribution in [0, 0.1) is 19.8 Å². The average molecular weight is 379 g/mol. The van der Waals surface area contributed by atoms with Gasteiger partial charge in [0.15, 0.2) is 6.61 Å². The lowest BCUT2D eigenvalue weighted by molar-refractivity contribution is -0.139. The normalized spacial score (nSPS) is 14.1. The number of aliphatic carboxylic acids is 1. The Kier molecular flexibility index (Phi) is 4.99. The first kappa shape index (κ1) is 18.4. The fourth-order valence-corrected chi connectivity index (χ4v) is 3.82. The number of carboxylic acids is 1. The van der Waals surface area contributed by atoms with Gasteiger partial charge in [-0.05, 0) is 73.2 Å². The molecule has 1 heterocycles. The quantitative estimate of drug-likeness (QED) is 0.578. The van der Waals surface area contributed by atoms with Crippen LogP contribution in [0.2, 0.25) is 0 Å². The summed E-state index contributed by atoms with van der Waals surface area (Å²) < 4.78 is 11.5. The molecule has 0 atom stereocenters. The number of carbonyl (C=O) groups is 1. The van der Waals surface area contributed by atoms with E-state index in [1.165, 1.54) is 30.2 Å². The SMILES string of the molecule is Cc1cc(OCC(=O)O)cc(C)c1Oc1ccc2[nH]cc(CC3CCC3)c2c1. The molecule has 2 aromatic carbocycles. The van der Waals surface area contributed by atoms with Crippen LogP contribution in [-0.4, -0.2) is 22.7 Å². The third-order valence-corrected chi connectivity index (χ3v) is 5.49. The maximum absolute atomic E-state index is 10.7. The number of aromatic nitrogens is 1. The molecule has 4 rings (SSSR count). The number of fused-ring (bicyclic) bond motifs is 1. The Morgan fingerprint density at radius 2 is 1.89 bits per heavy atom. The van der Waals surface area contributed by atoms with Gasteiger partial charge in [-0.2, -0.15) is 0 Å². The molecule has 2 N–H and O–H groups in total. The summed E-state index contributed by atoms with van der Waals surface area (Å²) in [6, 6.07) is 9.75. The molecule has 0 radical (unpaired) electrons. The van der Waals surface area contributed by atoms with Crippen molar-refractivity contribution in [1.29, 1.82) is 0 Å². The van der Waals surface area contributed by atoms with Gasteiger partial charge >= 0.3 is 5.97 Å². The first-order chi connectivity index (χ1) is 13.5. The first-order valence-electron chi connectivity index (χ1n) is 9.73. The van der Waals surface area contributed by atoms with Gasteiger partial charge in [0, 0.05) is 17.1 Å². The maximum Gasteiger partial charge on any atom is 0.341 e. The van der Waals surface area contributed by atoms with Crippen molar-refractivity contribution in [2.45, 2.75) is 39.5 Å². The molecule has 1 aliphatic rings. The van der Waals surface area contributed by atoms with Gasteiger partial charge in [-0.3, -0.25) is 0 Å². The number of benzene rings is 2. The second-order valence-electron chi connectivity index (χ2n) is 7.69. The Bertz CT molecular complexity index is 994. The van der Waals surface area contributed by atoms with Gasteiger partial charge in [-0.1, -0.05) is 19.3 Å². The average Bonchev–Trinajstić information content (AvgIpc) is 3.01. The van der Waals surface area contributed by atoms with Crippen LogP contribution >= 0.6 is 0 Å². The van der Waals surface area contributed by atoms with E-state index in [2.05, 4.69) is 23.3 Å². The fourth-order valence-electron chi connectivity index (χ4n) is 3.82. The van der Waals surface area contributed by atoms with Crippen molar-refractivity contribution in [2.24, 2.45) is 5.92 Å². The molecular formula is C23H25NO4. The molecular weight excluding hydrogens is 354 g/mol. The van der Waals surface area contributed by atoms with E-state index < -0.39 is 5.97 Å². The van der Waals surface area contributed by atoms with Crippen molar-refractivity contribution in [3.05, 3.63) is 53.2 Å². The molecule has 0 amide bonds. The molecule has 1 aliphatic carbocycles. The number of hydrogen-bond donors (Lipinski definition) is 2. The minimum absolute atomic E-state index is 0.354. The van der Waals surface area contributed by atoms with Crippen LogP contribution in [0.5, 0.6) is 17.2 Å². The van der Waals surface area contributed by atoms with Gasteiger partial charge in [-0.15, -0.1) is 0 Å². The molecule has 5 nitrogen and oxygen atoms in total. The van der Waals surface area contributed by atoms with E-state index in [9.17, 15) is 4.79 Å². The van der Waals surface area contributed by atoms with Gasteiger partial charge in [0.1, 0.15) is 17.2 Å². The standard InChI is InChI=1S/C23H25NO4/c1-14-8-19(27-13-22(25)26)9-15(2)23(14)28-18-6-7-21-20(11-18)17(12-24-21)10-16-4-3-5-16/h6-9,11-12,16,24H,3-5,10,13H2,1-2H3,(H,25,26). The van der Waals surface area contributed by atoms with Crippen LogP contribution < -0.4 is 9.47 Å². The lowest BCUT2D eigenvalue weighted by Crippen LogP contribution is -2.13. The second-order valence-corrected chi connectivity index (χ2v) is 7.69. The van der Waals surface area contributed by atoms with E-state index >= 15 is 0 Å². The highest BCUT2D eigenvalue weighted by atomic mass is 16.5. The van der Waals surface area contributed by atoms with Gasteiger partial charge in [0.2, 0.25) is 0 Å². The van der Waals surface area contributed by atoms with Crippen molar-refractivity contribution in [3.8, 4) is 17.2 Å². The van der Waals surface area contributed by atoms with Gasteiger partial charge in [0.25, 0.3) is 0 Å². The minimum atomic E-state index is -0.992. The lowest BCUT2D eigenvalue weighted by atomic mass is 9.81. The Balaban J connectivity index is 1.57. The molecule has 0 unspecified atom stereocenters. The number of nitrogens with one attached hydrogen (secondary N) is 1. The van der Waals surface area contributed by atoms with Gasteiger partial charge in [-0.25, -0.2) is 4.79 Å². The summed E-state index contributed by atoms with van der Waals surface area (Å²) in [5, 5.41) is 10.00. The van der Waals surface area contributed by atoms with Crippen LogP contribution in [0.1, 0.15) is 36.0 Å². The van der Waals surface area contributed by atoms with Crippen LogP contribution in [0.15, 0.2) is 36.5 Å². The molecule has 1 saturated carbocycles. The zero-order valence-corrected chi connectivity index (χ0v) is 16.2. The fraction of sp³-hybridized carbons (Fsp3) is 0.348. The van der Waals surface area contributed by atoms with Crippen molar-refractivity contribution in [2.75, 3.05) is 6.61 Å². The number of aromatic amines is 1. The molecule has 1 aromatic heterocycles. The Hall–Kier alpha value is -2.95. The van der Waals surface area contributed by atoms with Crippen molar-refractivity contribution < 1.29 is 19.4 Å². The van der Waals surface area contributed by atoms with Gasteiger partial charge in [0.05, 0.1) is 0 Å². The van der Waals surface area contributed by atoms with Crippen molar-refractivity contribution >= 4 is 16.9 Å². The predicted molar refractivity (Wildman–Crippen MR) is 108 cm³/mol. The predicted octanol–water partition coefficient (Wildman–Crippen LogP) is 5.38. The zero-order chi connectivity index (χ0) is 19.7. The Labute approximate surface area is 164 Å². The summed E-state index contributed by atoms with van der Waals surface area (Å²) in [7, 11) is 0. The van der Waals surface area contributed by atoms with Crippen LogP contribution in [0.25, 0.3) is 10.9 Å². The Morgan fingerprint density at radius 3 is 2.54 bits per heavy atom. The lowest BCUT2D eigenvalue weighted by Gasteiger charge is -2.24. The minimum Gasteiger partial charge on any atom is -0.482 e. The van der Waals surface area contributed by atoms with E-state index in [1.54, 1.807) is 0 Å². The first-order valence-corrected chi connectivity index (χ1v) is 9.73. The molecule has 146 valence electrons. The molecule has 1 fully saturated rings. The van der Waals surface area contributed by atoms with Crippen LogP contribution in [0.3, 0.4) is 0 Å². The number of rotatable bonds is 7. The maximum atomic E-state index is 10.7. The molecule has 0 bridgehead atoms. The second kappa shape index (κ2) is 7.58. The third-order valence-electron chi connectivity index (χ3n) is 5.49. The number of ether oxygens (including phenoxy) is 2. The molecule has 0 aliphatic heterocycles. The Morgan fingerprint density at radius 1 is 1.14 bits per heavy atom. The van der Waals surface area contributed by atoms with E-state index in [0.29, 0.717) is 5.75 Å². The molecule has 5 heteroatoms. The number of carboxylic acid groups (broad SMARTS) is 1. The third kappa shape index (κ3) is 3.84. The molecule has 28 heavy (non-hydrogen) atoms. The van der Waals surface area contributed by atoms with E-state index in [4.69, 9.17) is 14.6 Å². The number of H-pyrrole nitrogens is 1. The van der Waals surface area contributed by atoms with Crippen molar-refractivity contribution in [3.63, 3.8) is 0 Å². The van der Waals surface area contributed by atoms with Crippen LogP contribution in [0.4, 0.5) is 0 Å². The van der Waals surface area contributed by atoms with E-state index in [1.807, 2.05) is 32.0 Å². The van der Waals surface area contributed by atoms with E-state index in [0.717, 1.165) is 40.5 Å². The smallest absolute Gasteiger partial charge is 0.341 e. The summed E-state index contributed by atoms with van der Waals surface area (Å²) in [5.74, 6) is 1.93. The molecule has 0 spiro atoms. The summed E-state index contributed by atoms with van der Waals surface area (Å²) in [6.45, 7) is 3.52. The van der Waals surface area contributed by atoms with Crippen LogP contribution in [-0.2, 0) is 11.2 Å². The number of aryl methyl sites for hydroxylation is 2. The van der Waals surface area contributed by atoms with E-state index in [-0.39, 0.29) is 6.61 Å². The summed E-state index contributed by atoms with van der Waals surface area (Å²) in [4.78, 5) is 14.1. The molecule has 3 aromatic rings. The zero-order valence-electron chi connectivity index (χ0n) is 16.2. The monoisotopic (exact) mass is 379 g/mol.